The van der Waals surface area contributed by atoms with Gasteiger partial charge in [0.2, 0.25) is 0 Å². The summed E-state index contributed by atoms with van der Waals surface area (Å²) in [6.07, 6.45) is 4.60. The Labute approximate surface area is 103 Å². The molecule has 88 valence electrons. The summed E-state index contributed by atoms with van der Waals surface area (Å²) >= 11 is 3.52. The maximum Gasteiger partial charge on any atom is 0.128 e. The monoisotopic (exact) mass is 288 g/mol. The van der Waals surface area contributed by atoms with Gasteiger partial charge in [-0.3, -0.25) is 0 Å². The second-order valence-corrected chi connectivity index (χ2v) is 5.56. The van der Waals surface area contributed by atoms with Gasteiger partial charge >= 0.3 is 0 Å². The lowest BCUT2D eigenvalue weighted by Crippen LogP contribution is -2.06. The van der Waals surface area contributed by atoms with E-state index in [-0.39, 0.29) is 16.5 Å². The van der Waals surface area contributed by atoms with Crippen molar-refractivity contribution in [1.82, 2.24) is 0 Å². The molecule has 0 N–H and O–H groups in total. The van der Waals surface area contributed by atoms with E-state index >= 15 is 0 Å². The molecule has 0 saturated heterocycles. The molecule has 1 aromatic rings. The smallest absolute Gasteiger partial charge is 0.128 e. The van der Waals surface area contributed by atoms with Gasteiger partial charge in [0.05, 0.1) is 0 Å². The summed E-state index contributed by atoms with van der Waals surface area (Å²) in [7, 11) is 0. The first-order valence-electron chi connectivity index (χ1n) is 5.69. The Kier molecular flexibility index (Phi) is 3.63. The van der Waals surface area contributed by atoms with Crippen molar-refractivity contribution in [2.45, 2.75) is 37.4 Å². The van der Waals surface area contributed by atoms with Gasteiger partial charge in [0.15, 0.2) is 0 Å². The summed E-state index contributed by atoms with van der Waals surface area (Å²) in [5.74, 6) is -0.178. The first-order chi connectivity index (χ1) is 7.59. The normalized spacial score (nSPS) is 19.0. The molecule has 1 atom stereocenters. The molecule has 0 aliphatic heterocycles. The molecule has 16 heavy (non-hydrogen) atoms. The number of hydrogen-bond acceptors (Lipinski definition) is 0. The molecule has 1 saturated carbocycles. The van der Waals surface area contributed by atoms with E-state index in [0.717, 1.165) is 12.8 Å². The molecule has 1 aliphatic rings. The zero-order chi connectivity index (χ0) is 11.7. The molecule has 0 nitrogen and oxygen atoms in total. The molecular formula is C13H15BrF2. The average molecular weight is 289 g/mol. The van der Waals surface area contributed by atoms with Crippen LogP contribution >= 0.6 is 15.9 Å². The number of halogens is 3. The molecule has 0 spiro atoms. The molecule has 2 rings (SSSR count). The number of rotatable bonds is 2. The molecule has 1 aromatic carbocycles. The number of benzene rings is 1. The van der Waals surface area contributed by atoms with Gasteiger partial charge in [-0.15, -0.1) is 0 Å². The summed E-state index contributed by atoms with van der Waals surface area (Å²) < 4.78 is 27.2. The minimum atomic E-state index is -0.321. The van der Waals surface area contributed by atoms with Crippen LogP contribution in [0.5, 0.6) is 0 Å². The van der Waals surface area contributed by atoms with Gasteiger partial charge in [0.25, 0.3) is 0 Å². The third kappa shape index (κ3) is 2.29. The average Bonchev–Trinajstić information content (AvgIpc) is 2.75. The highest BCUT2D eigenvalue weighted by molar-refractivity contribution is 9.09. The van der Waals surface area contributed by atoms with E-state index < -0.39 is 0 Å². The first-order valence-corrected chi connectivity index (χ1v) is 6.61. The second kappa shape index (κ2) is 4.82. The van der Waals surface area contributed by atoms with Crippen LogP contribution < -0.4 is 0 Å². The lowest BCUT2D eigenvalue weighted by molar-refractivity contribution is 0.509. The van der Waals surface area contributed by atoms with E-state index in [0.29, 0.717) is 17.0 Å². The van der Waals surface area contributed by atoms with Crippen LogP contribution in [0.15, 0.2) is 12.1 Å². The highest BCUT2D eigenvalue weighted by Gasteiger charge is 2.26. The summed E-state index contributed by atoms with van der Waals surface area (Å²) in [5.41, 5.74) is 0.836. The van der Waals surface area contributed by atoms with Crippen molar-refractivity contribution in [3.8, 4) is 0 Å². The Morgan fingerprint density at radius 3 is 2.44 bits per heavy atom. The van der Waals surface area contributed by atoms with Crippen LogP contribution in [-0.2, 0) is 0 Å². The van der Waals surface area contributed by atoms with Crippen LogP contribution in [0.25, 0.3) is 0 Å². The van der Waals surface area contributed by atoms with Crippen LogP contribution in [0.4, 0.5) is 8.78 Å². The van der Waals surface area contributed by atoms with Gasteiger partial charge in [-0.1, -0.05) is 28.8 Å². The van der Waals surface area contributed by atoms with Crippen molar-refractivity contribution in [2.24, 2.45) is 5.92 Å². The minimum absolute atomic E-state index is 0.0508. The van der Waals surface area contributed by atoms with Gasteiger partial charge in [-0.05, 0) is 43.4 Å². The molecule has 0 radical (unpaired) electrons. The highest BCUT2D eigenvalue weighted by Crippen LogP contribution is 2.42. The zero-order valence-electron chi connectivity index (χ0n) is 9.27. The topological polar surface area (TPSA) is 0 Å². The lowest BCUT2D eigenvalue weighted by atomic mass is 9.96. The molecule has 1 aliphatic carbocycles. The fraction of sp³-hybridized carbons (Fsp3) is 0.538. The number of hydrogen-bond donors (Lipinski definition) is 0. The Hall–Kier alpha value is -0.440. The highest BCUT2D eigenvalue weighted by atomic mass is 79.9. The second-order valence-electron chi connectivity index (χ2n) is 4.57. The van der Waals surface area contributed by atoms with Gasteiger partial charge in [-0.25, -0.2) is 8.78 Å². The van der Waals surface area contributed by atoms with Crippen LogP contribution in [0, 0.1) is 24.5 Å². The predicted molar refractivity (Wildman–Crippen MR) is 64.7 cm³/mol. The Morgan fingerprint density at radius 2 is 1.81 bits per heavy atom. The third-order valence-corrected chi connectivity index (χ3v) is 4.63. The Balaban J connectivity index is 2.28. The van der Waals surface area contributed by atoms with Gasteiger partial charge < -0.3 is 0 Å². The SMILES string of the molecule is Cc1cc(F)c(C(Br)C2CCCC2)cc1F. The van der Waals surface area contributed by atoms with Gasteiger partial charge in [0, 0.05) is 10.4 Å². The van der Waals surface area contributed by atoms with Crippen molar-refractivity contribution in [3.63, 3.8) is 0 Å². The summed E-state index contributed by atoms with van der Waals surface area (Å²) in [6, 6.07) is 2.62. The summed E-state index contributed by atoms with van der Waals surface area (Å²) in [6.45, 7) is 1.58. The molecule has 1 fully saturated rings. The Morgan fingerprint density at radius 1 is 1.19 bits per heavy atom. The third-order valence-electron chi connectivity index (χ3n) is 3.39. The van der Waals surface area contributed by atoms with Gasteiger partial charge in [0.1, 0.15) is 11.6 Å². The zero-order valence-corrected chi connectivity index (χ0v) is 10.9. The van der Waals surface area contributed by atoms with Crippen molar-refractivity contribution in [2.75, 3.05) is 0 Å². The van der Waals surface area contributed by atoms with Crippen molar-refractivity contribution < 1.29 is 8.78 Å². The molecule has 1 unspecified atom stereocenters. The first kappa shape index (κ1) is 12.0. The quantitative estimate of drug-likeness (QED) is 0.679. The molecule has 0 aromatic heterocycles. The number of aryl methyl sites for hydroxylation is 1. The number of alkyl halides is 1. The predicted octanol–water partition coefficient (Wildman–Crippen LogP) is 4.90. The van der Waals surface area contributed by atoms with Crippen LogP contribution in [0.1, 0.15) is 41.6 Å². The van der Waals surface area contributed by atoms with E-state index in [2.05, 4.69) is 15.9 Å². The molecular weight excluding hydrogens is 274 g/mol. The van der Waals surface area contributed by atoms with Crippen molar-refractivity contribution in [1.29, 1.82) is 0 Å². The van der Waals surface area contributed by atoms with E-state index in [1.165, 1.54) is 25.0 Å². The standard InChI is InChI=1S/C13H15BrF2/c1-8-6-12(16)10(7-11(8)15)13(14)9-4-2-3-5-9/h6-7,9,13H,2-5H2,1H3. The molecule has 0 heterocycles. The minimum Gasteiger partial charge on any atom is -0.207 e. The van der Waals surface area contributed by atoms with E-state index in [4.69, 9.17) is 0 Å². The fourth-order valence-electron chi connectivity index (χ4n) is 2.38. The van der Waals surface area contributed by atoms with Crippen LogP contribution in [-0.4, -0.2) is 0 Å². The molecule has 0 bridgehead atoms. The van der Waals surface area contributed by atoms with Gasteiger partial charge in [-0.2, -0.15) is 0 Å². The van der Waals surface area contributed by atoms with E-state index in [1.807, 2.05) is 0 Å². The van der Waals surface area contributed by atoms with Crippen molar-refractivity contribution >= 4 is 15.9 Å². The Bertz CT molecular complexity index is 384. The lowest BCUT2D eigenvalue weighted by Gasteiger charge is -2.18. The van der Waals surface area contributed by atoms with Crippen LogP contribution in [0.2, 0.25) is 0 Å². The van der Waals surface area contributed by atoms with E-state index in [1.54, 1.807) is 6.92 Å². The molecule has 3 heteroatoms. The van der Waals surface area contributed by atoms with E-state index in [9.17, 15) is 8.78 Å². The maximum absolute atomic E-state index is 13.7. The molecule has 0 amide bonds. The van der Waals surface area contributed by atoms with Crippen LogP contribution in [0.3, 0.4) is 0 Å². The van der Waals surface area contributed by atoms with Crippen molar-refractivity contribution in [3.05, 3.63) is 34.9 Å². The fourth-order valence-corrected chi connectivity index (χ4v) is 3.26. The maximum atomic E-state index is 13.7. The largest absolute Gasteiger partial charge is 0.207 e. The summed E-state index contributed by atoms with van der Waals surface area (Å²) in [4.78, 5) is -0.0508. The summed E-state index contributed by atoms with van der Waals surface area (Å²) in [5, 5.41) is 0.